The fourth-order valence-electron chi connectivity index (χ4n) is 2.56. The van der Waals surface area contributed by atoms with E-state index in [0.717, 1.165) is 26.2 Å². The molecule has 8 nitrogen and oxygen atoms in total. The van der Waals surface area contributed by atoms with Crippen molar-refractivity contribution in [1.82, 2.24) is 14.9 Å². The van der Waals surface area contributed by atoms with E-state index in [-0.39, 0.29) is 23.4 Å². The van der Waals surface area contributed by atoms with Crippen LogP contribution in [0.1, 0.15) is 10.5 Å². The molecule has 1 fully saturated rings. The van der Waals surface area contributed by atoms with Crippen LogP contribution >= 0.6 is 0 Å². The minimum atomic E-state index is -0.359. The van der Waals surface area contributed by atoms with E-state index in [2.05, 4.69) is 32.1 Å². The van der Waals surface area contributed by atoms with E-state index in [0.29, 0.717) is 11.5 Å². The fraction of sp³-hybridized carbons (Fsp3) is 0.353. The number of carbonyl (C=O) groups excluding carboxylic acids is 1. The number of amides is 1. The molecular formula is C17H21N5O3. The molecule has 2 aromatic rings. The summed E-state index contributed by atoms with van der Waals surface area (Å²) in [5, 5.41) is 12.1. The quantitative estimate of drug-likeness (QED) is 0.806. The van der Waals surface area contributed by atoms with Gasteiger partial charge in [0.1, 0.15) is 17.3 Å². The van der Waals surface area contributed by atoms with Crippen molar-refractivity contribution < 1.29 is 14.6 Å². The maximum Gasteiger partial charge on any atom is 0.318 e. The zero-order chi connectivity index (χ0) is 17.8. The third-order valence-corrected chi connectivity index (χ3v) is 4.06. The lowest BCUT2D eigenvalue weighted by molar-refractivity contribution is 0.102. The van der Waals surface area contributed by atoms with E-state index in [1.165, 1.54) is 19.2 Å². The number of hydrogen-bond acceptors (Lipinski definition) is 7. The topological polar surface area (TPSA) is 90.8 Å². The minimum Gasteiger partial charge on any atom is -0.508 e. The van der Waals surface area contributed by atoms with Crippen LogP contribution in [0.2, 0.25) is 0 Å². The van der Waals surface area contributed by atoms with Crippen molar-refractivity contribution >= 4 is 17.4 Å². The maximum absolute atomic E-state index is 12.5. The van der Waals surface area contributed by atoms with Gasteiger partial charge >= 0.3 is 6.01 Å². The average Bonchev–Trinajstić information content (AvgIpc) is 2.63. The minimum absolute atomic E-state index is 0.138. The van der Waals surface area contributed by atoms with Gasteiger partial charge in [-0.25, -0.2) is 0 Å². The van der Waals surface area contributed by atoms with Crippen LogP contribution in [0.5, 0.6) is 11.8 Å². The van der Waals surface area contributed by atoms with E-state index in [1.807, 2.05) is 0 Å². The van der Waals surface area contributed by atoms with E-state index >= 15 is 0 Å². The highest BCUT2D eigenvalue weighted by atomic mass is 16.5. The number of aromatic hydroxyl groups is 1. The van der Waals surface area contributed by atoms with E-state index in [9.17, 15) is 9.90 Å². The number of ether oxygens (including phenoxy) is 1. The normalized spacial score (nSPS) is 15.0. The summed E-state index contributed by atoms with van der Waals surface area (Å²) in [6, 6.07) is 8.08. The monoisotopic (exact) mass is 343 g/mol. The average molecular weight is 343 g/mol. The molecule has 1 saturated heterocycles. The molecule has 25 heavy (non-hydrogen) atoms. The predicted octanol–water partition coefficient (Wildman–Crippen LogP) is 1.19. The Morgan fingerprint density at radius 3 is 2.48 bits per heavy atom. The SMILES string of the molecule is COc1nc(C(=O)Nc2ccc(O)cc2)cc(N2CCN(C)CC2)n1. The number of methoxy groups -OCH3 is 1. The van der Waals surface area contributed by atoms with Gasteiger partial charge in [0.05, 0.1) is 7.11 Å². The Kier molecular flexibility index (Phi) is 4.99. The van der Waals surface area contributed by atoms with Crippen LogP contribution in [0.4, 0.5) is 11.5 Å². The highest BCUT2D eigenvalue weighted by Gasteiger charge is 2.19. The van der Waals surface area contributed by atoms with Gasteiger partial charge in [-0.3, -0.25) is 4.79 Å². The fourth-order valence-corrected chi connectivity index (χ4v) is 2.56. The highest BCUT2D eigenvalue weighted by molar-refractivity contribution is 6.03. The van der Waals surface area contributed by atoms with Crippen LogP contribution in [0.15, 0.2) is 30.3 Å². The largest absolute Gasteiger partial charge is 0.508 e. The zero-order valence-corrected chi connectivity index (χ0v) is 14.3. The van der Waals surface area contributed by atoms with Gasteiger partial charge in [-0.05, 0) is 31.3 Å². The number of phenolic OH excluding ortho intramolecular Hbond substituents is 1. The second-order valence-electron chi connectivity index (χ2n) is 5.89. The molecule has 0 bridgehead atoms. The molecule has 8 heteroatoms. The van der Waals surface area contributed by atoms with Crippen molar-refractivity contribution in [2.24, 2.45) is 0 Å². The lowest BCUT2D eigenvalue weighted by atomic mass is 10.2. The summed E-state index contributed by atoms with van der Waals surface area (Å²) in [6.45, 7) is 3.52. The van der Waals surface area contributed by atoms with Gasteiger partial charge in [0.15, 0.2) is 0 Å². The lowest BCUT2D eigenvalue weighted by Gasteiger charge is -2.33. The summed E-state index contributed by atoms with van der Waals surface area (Å²) < 4.78 is 5.15. The second kappa shape index (κ2) is 7.35. The van der Waals surface area contributed by atoms with Crippen LogP contribution in [0.3, 0.4) is 0 Å². The van der Waals surface area contributed by atoms with E-state index in [4.69, 9.17) is 4.74 Å². The van der Waals surface area contributed by atoms with Crippen LogP contribution in [-0.4, -0.2) is 66.2 Å². The molecule has 132 valence electrons. The number of aromatic nitrogens is 2. The predicted molar refractivity (Wildman–Crippen MR) is 94.4 cm³/mol. The zero-order valence-electron chi connectivity index (χ0n) is 14.3. The second-order valence-corrected chi connectivity index (χ2v) is 5.89. The summed E-state index contributed by atoms with van der Waals surface area (Å²) in [4.78, 5) is 25.4. The third-order valence-electron chi connectivity index (χ3n) is 4.06. The van der Waals surface area contributed by atoms with Crippen molar-refractivity contribution in [3.05, 3.63) is 36.0 Å². The van der Waals surface area contributed by atoms with Gasteiger partial charge in [-0.2, -0.15) is 9.97 Å². The third kappa shape index (κ3) is 4.16. The van der Waals surface area contributed by atoms with Crippen LogP contribution in [-0.2, 0) is 0 Å². The molecule has 1 aromatic heterocycles. The van der Waals surface area contributed by atoms with Crippen LogP contribution in [0, 0.1) is 0 Å². The molecular weight excluding hydrogens is 322 g/mol. The molecule has 0 saturated carbocycles. The molecule has 1 amide bonds. The first-order valence-electron chi connectivity index (χ1n) is 8.02. The summed E-state index contributed by atoms with van der Waals surface area (Å²) in [6.07, 6.45) is 0. The smallest absolute Gasteiger partial charge is 0.318 e. The summed E-state index contributed by atoms with van der Waals surface area (Å²) in [7, 11) is 3.55. The van der Waals surface area contributed by atoms with Crippen molar-refractivity contribution in [3.8, 4) is 11.8 Å². The van der Waals surface area contributed by atoms with E-state index in [1.54, 1.807) is 18.2 Å². The molecule has 2 N–H and O–H groups in total. The Hall–Kier alpha value is -2.87. The van der Waals surface area contributed by atoms with Gasteiger partial charge in [0, 0.05) is 37.9 Å². The number of hydrogen-bond donors (Lipinski definition) is 2. The number of nitrogens with zero attached hydrogens (tertiary/aromatic N) is 4. The lowest BCUT2D eigenvalue weighted by Crippen LogP contribution is -2.45. The van der Waals surface area contributed by atoms with E-state index < -0.39 is 0 Å². The molecule has 3 rings (SSSR count). The Balaban J connectivity index is 1.81. The maximum atomic E-state index is 12.5. The molecule has 0 spiro atoms. The highest BCUT2D eigenvalue weighted by Crippen LogP contribution is 2.19. The number of likely N-dealkylation sites (N-methyl/N-ethyl adjacent to an activating group) is 1. The van der Waals surface area contributed by atoms with Crippen LogP contribution in [0.25, 0.3) is 0 Å². The number of rotatable bonds is 4. The van der Waals surface area contributed by atoms with Crippen molar-refractivity contribution in [2.45, 2.75) is 0 Å². The standard InChI is InChI=1S/C17H21N5O3/c1-21-7-9-22(10-8-21)15-11-14(19-17(20-15)25-2)16(24)18-12-3-5-13(23)6-4-12/h3-6,11,23H,7-10H2,1-2H3,(H,18,24). The molecule has 1 aliphatic rings. The Bertz CT molecular complexity index is 742. The van der Waals surface area contributed by atoms with Gasteiger partial charge in [0.25, 0.3) is 5.91 Å². The van der Waals surface area contributed by atoms with Gasteiger partial charge < -0.3 is 25.0 Å². The summed E-state index contributed by atoms with van der Waals surface area (Å²) in [5.41, 5.74) is 0.801. The Morgan fingerprint density at radius 2 is 1.84 bits per heavy atom. The van der Waals surface area contributed by atoms with Crippen molar-refractivity contribution in [1.29, 1.82) is 0 Å². The summed E-state index contributed by atoms with van der Waals surface area (Å²) in [5.74, 6) is 0.455. The Labute approximate surface area is 146 Å². The molecule has 0 aliphatic carbocycles. The van der Waals surface area contributed by atoms with Gasteiger partial charge in [-0.1, -0.05) is 0 Å². The molecule has 1 aliphatic heterocycles. The number of benzene rings is 1. The molecule has 0 unspecified atom stereocenters. The number of nitrogens with one attached hydrogen (secondary N) is 1. The molecule has 1 aromatic carbocycles. The summed E-state index contributed by atoms with van der Waals surface area (Å²) >= 11 is 0. The Morgan fingerprint density at radius 1 is 1.16 bits per heavy atom. The first-order chi connectivity index (χ1) is 12.0. The molecule has 0 atom stereocenters. The van der Waals surface area contributed by atoms with Gasteiger partial charge in [0.2, 0.25) is 0 Å². The first-order valence-corrected chi connectivity index (χ1v) is 8.02. The number of anilines is 2. The van der Waals surface area contributed by atoms with Crippen molar-refractivity contribution in [2.75, 3.05) is 50.6 Å². The number of carbonyl (C=O) groups is 1. The number of phenols is 1. The van der Waals surface area contributed by atoms with Crippen LogP contribution < -0.4 is 15.0 Å². The van der Waals surface area contributed by atoms with Crippen molar-refractivity contribution in [3.63, 3.8) is 0 Å². The van der Waals surface area contributed by atoms with Gasteiger partial charge in [-0.15, -0.1) is 0 Å². The number of piperazine rings is 1. The first kappa shape index (κ1) is 17.0. The molecule has 0 radical (unpaired) electrons. The molecule has 2 heterocycles.